The van der Waals surface area contributed by atoms with Crippen LogP contribution in [-0.4, -0.2) is 63.5 Å². The fourth-order valence-corrected chi connectivity index (χ4v) is 3.37. The van der Waals surface area contributed by atoms with E-state index in [0.717, 1.165) is 0 Å². The number of nitrogens with one attached hydrogen (secondary N) is 1. The molecule has 1 heterocycles. The number of nitrogens with two attached hydrogens (primary N) is 1. The smallest absolute Gasteiger partial charge is 0.373 e. The van der Waals surface area contributed by atoms with Crippen LogP contribution in [0.3, 0.4) is 0 Å². The predicted octanol–water partition coefficient (Wildman–Crippen LogP) is 1.85. The first-order chi connectivity index (χ1) is 16.1. The number of unbranched alkanes of at least 4 members (excludes halogenated alkanes) is 1. The van der Waals surface area contributed by atoms with E-state index in [0.29, 0.717) is 25.1 Å². The molecule has 2 rings (SSSR count). The summed E-state index contributed by atoms with van der Waals surface area (Å²) in [4.78, 5) is 32.4. The number of anilines is 2. The Morgan fingerprint density at radius 2 is 2.12 bits per heavy atom. The maximum Gasteiger partial charge on any atom is 0.373 e. The fraction of sp³-hybridized carbons (Fsp3) is 0.400. The third-order valence-electron chi connectivity index (χ3n) is 4.60. The number of nitro groups is 1. The topological polar surface area (TPSA) is 204 Å². The van der Waals surface area contributed by atoms with E-state index in [1.165, 1.54) is 12.3 Å². The van der Waals surface area contributed by atoms with Gasteiger partial charge in [0.05, 0.1) is 22.2 Å². The van der Waals surface area contributed by atoms with Crippen LogP contribution in [0.2, 0.25) is 0 Å². The van der Waals surface area contributed by atoms with Gasteiger partial charge in [-0.3, -0.25) is 10.1 Å². The molecule has 0 fully saturated rings. The Labute approximate surface area is 198 Å². The Morgan fingerprint density at radius 3 is 2.65 bits per heavy atom. The number of carboxylic acids is 1. The Morgan fingerprint density at radius 1 is 1.41 bits per heavy atom. The van der Waals surface area contributed by atoms with Gasteiger partial charge in [-0.25, -0.2) is 4.79 Å². The molecule has 4 N–H and O–H groups in total. The largest absolute Gasteiger partial charge is 0.609 e. The van der Waals surface area contributed by atoms with Gasteiger partial charge >= 0.3 is 22.7 Å². The summed E-state index contributed by atoms with van der Waals surface area (Å²) in [6.07, 6.45) is 2.43. The van der Waals surface area contributed by atoms with Crippen molar-refractivity contribution < 1.29 is 24.1 Å². The monoisotopic (exact) mass is 491 g/mol. The second kappa shape index (κ2) is 12.0. The molecule has 14 heteroatoms. The van der Waals surface area contributed by atoms with E-state index >= 15 is 0 Å². The van der Waals surface area contributed by atoms with E-state index in [9.17, 15) is 29.8 Å². The minimum atomic E-state index is -1.77. The van der Waals surface area contributed by atoms with Gasteiger partial charge in [0, 0.05) is 31.3 Å². The fourth-order valence-electron chi connectivity index (χ4n) is 2.93. The molecule has 182 valence electrons. The Bertz CT molecular complexity index is 1090. The molecule has 0 aliphatic rings. The van der Waals surface area contributed by atoms with Crippen molar-refractivity contribution >= 4 is 34.3 Å². The van der Waals surface area contributed by atoms with Crippen LogP contribution in [-0.2, 0) is 16.0 Å². The summed E-state index contributed by atoms with van der Waals surface area (Å²) < 4.78 is 17.9. The lowest BCUT2D eigenvalue weighted by atomic mass is 10.1. The lowest BCUT2D eigenvalue weighted by molar-refractivity contribution is -0.385. The van der Waals surface area contributed by atoms with Crippen molar-refractivity contribution in [2.75, 3.05) is 37.1 Å². The second-order valence-electron chi connectivity index (χ2n) is 7.33. The molecule has 2 aromatic rings. The number of hydrogen-bond acceptors (Lipinski definition) is 11. The first kappa shape index (κ1) is 26.6. The van der Waals surface area contributed by atoms with Crippen molar-refractivity contribution in [3.05, 3.63) is 33.9 Å². The highest BCUT2D eigenvalue weighted by Gasteiger charge is 2.32. The molecule has 0 bridgehead atoms. The highest BCUT2D eigenvalue weighted by Crippen LogP contribution is 2.39. The minimum absolute atomic E-state index is 0.0855. The average Bonchev–Trinajstić information content (AvgIpc) is 2.77. The van der Waals surface area contributed by atoms with Crippen LogP contribution >= 0.6 is 0 Å². The summed E-state index contributed by atoms with van der Waals surface area (Å²) in [7, 11) is 3.42. The van der Waals surface area contributed by atoms with Crippen molar-refractivity contribution in [3.63, 3.8) is 0 Å². The van der Waals surface area contributed by atoms with E-state index in [1.54, 1.807) is 31.1 Å². The number of hydrogen-bond donors (Lipinski definition) is 3. The van der Waals surface area contributed by atoms with Gasteiger partial charge in [0.15, 0.2) is 5.75 Å². The minimum Gasteiger partial charge on any atom is -0.609 e. The third kappa shape index (κ3) is 6.67. The van der Waals surface area contributed by atoms with Gasteiger partial charge in [0.2, 0.25) is 5.82 Å². The predicted molar refractivity (Wildman–Crippen MR) is 125 cm³/mol. The third-order valence-corrected chi connectivity index (χ3v) is 5.30. The molecule has 0 amide bonds. The molecule has 0 radical (unpaired) electrons. The van der Waals surface area contributed by atoms with E-state index in [2.05, 4.69) is 15.3 Å². The molecule has 1 aromatic carbocycles. The molecule has 2 unspecified atom stereocenters. The molecule has 0 saturated heterocycles. The number of carboxylic acid groups (broad SMARTS) is 1. The summed E-state index contributed by atoms with van der Waals surface area (Å²) in [5, 5.41) is 33.0. The van der Waals surface area contributed by atoms with Gasteiger partial charge in [-0.1, -0.05) is 0 Å². The quantitative estimate of drug-likeness (QED) is 0.128. The number of ether oxygens (including phenoxy) is 1. The lowest BCUT2D eigenvalue weighted by Gasteiger charge is -2.19. The van der Waals surface area contributed by atoms with Gasteiger partial charge in [0.1, 0.15) is 12.3 Å². The van der Waals surface area contributed by atoms with Crippen LogP contribution in [0.25, 0.3) is 0 Å². The molecule has 2 atom stereocenters. The normalized spacial score (nSPS) is 12.4. The summed E-state index contributed by atoms with van der Waals surface area (Å²) in [6, 6.07) is 5.27. The zero-order valence-electron chi connectivity index (χ0n) is 18.8. The van der Waals surface area contributed by atoms with Gasteiger partial charge in [-0.15, -0.1) is 4.98 Å². The van der Waals surface area contributed by atoms with E-state index in [4.69, 9.17) is 10.5 Å². The summed E-state index contributed by atoms with van der Waals surface area (Å²) >= 11 is -1.77. The lowest BCUT2D eigenvalue weighted by Crippen LogP contribution is -2.30. The first-order valence-electron chi connectivity index (χ1n) is 10.1. The van der Waals surface area contributed by atoms with Crippen molar-refractivity contribution in [2.45, 2.75) is 30.5 Å². The first-order valence-corrected chi connectivity index (χ1v) is 11.6. The zero-order chi connectivity index (χ0) is 25.4. The summed E-state index contributed by atoms with van der Waals surface area (Å²) in [6.45, 7) is 0.368. The van der Waals surface area contributed by atoms with Crippen LogP contribution in [0.15, 0.2) is 23.4 Å². The number of rotatable bonds is 12. The number of aliphatic carboxylic acids is 1. The van der Waals surface area contributed by atoms with Crippen LogP contribution < -0.4 is 20.7 Å². The number of aromatic nitrogens is 2. The molecule has 1 aromatic heterocycles. The van der Waals surface area contributed by atoms with Gasteiger partial charge in [-0.05, 0) is 37.9 Å². The zero-order valence-corrected chi connectivity index (χ0v) is 19.7. The van der Waals surface area contributed by atoms with E-state index < -0.39 is 45.5 Å². The number of nitriles is 1. The molecular weight excluding hydrogens is 466 g/mol. The number of nitrogens with zero attached hydrogens (tertiary/aromatic N) is 5. The molecule has 34 heavy (non-hydrogen) atoms. The standard InChI is InChI=1S/C20H25N7O6S/c1-26(2)14-8-7-12(11-22)10-15(14)33-18-16(27(30)31)17(24-20(25-18)34(3)32)23-13(19(28)29)6-4-5-9-21/h7-8,10,13H,4-6,9,21H2,1-3H3,(H,28,29)(H,23,24,25). The molecule has 0 aliphatic heterocycles. The number of benzene rings is 1. The van der Waals surface area contributed by atoms with Crippen molar-refractivity contribution in [1.82, 2.24) is 9.97 Å². The number of carbonyl (C=O) groups is 1. The van der Waals surface area contributed by atoms with Crippen LogP contribution in [0.5, 0.6) is 11.6 Å². The van der Waals surface area contributed by atoms with E-state index in [1.807, 2.05) is 6.07 Å². The highest BCUT2D eigenvalue weighted by atomic mass is 32.2. The van der Waals surface area contributed by atoms with Crippen LogP contribution in [0.1, 0.15) is 24.8 Å². The van der Waals surface area contributed by atoms with Gasteiger partial charge < -0.3 is 30.3 Å². The molecule has 0 spiro atoms. The summed E-state index contributed by atoms with van der Waals surface area (Å²) in [5.41, 5.74) is 5.45. The Kier molecular flexibility index (Phi) is 9.36. The Hall–Kier alpha value is -3.67. The summed E-state index contributed by atoms with van der Waals surface area (Å²) in [5.74, 6) is -2.15. The van der Waals surface area contributed by atoms with Crippen molar-refractivity contribution in [3.8, 4) is 17.7 Å². The van der Waals surface area contributed by atoms with Crippen molar-refractivity contribution in [2.24, 2.45) is 5.73 Å². The maximum absolute atomic E-state index is 12.1. The second-order valence-corrected chi connectivity index (χ2v) is 8.60. The van der Waals surface area contributed by atoms with Crippen LogP contribution in [0, 0.1) is 21.4 Å². The molecular formula is C20H25N7O6S. The molecule has 0 aliphatic carbocycles. The average molecular weight is 492 g/mol. The van der Waals surface area contributed by atoms with Crippen LogP contribution in [0.4, 0.5) is 17.2 Å². The highest BCUT2D eigenvalue weighted by molar-refractivity contribution is 7.90. The van der Waals surface area contributed by atoms with Gasteiger partial charge in [0.25, 0.3) is 0 Å². The van der Waals surface area contributed by atoms with Gasteiger partial charge in [-0.2, -0.15) is 10.2 Å². The van der Waals surface area contributed by atoms with E-state index in [-0.39, 0.29) is 22.9 Å². The Balaban J connectivity index is 2.63. The van der Waals surface area contributed by atoms with Crippen molar-refractivity contribution in [1.29, 1.82) is 5.26 Å². The molecule has 0 saturated carbocycles. The molecule has 13 nitrogen and oxygen atoms in total. The SMILES string of the molecule is CN(C)c1ccc(C#N)cc1Oc1nc([S+](C)[O-])nc(NC(CCCCN)C(=O)O)c1[N+](=O)[O-]. The maximum atomic E-state index is 12.1.